The number of nitrogen functional groups attached to an aromatic ring is 1. The summed E-state index contributed by atoms with van der Waals surface area (Å²) in [5, 5.41) is 18.9. The van der Waals surface area contributed by atoms with Crippen LogP contribution in [0.3, 0.4) is 0 Å². The molecule has 2 atom stereocenters. The van der Waals surface area contributed by atoms with Gasteiger partial charge in [0.05, 0.1) is 17.9 Å². The molecule has 4 N–H and O–H groups in total. The minimum Gasteiger partial charge on any atom is -0.399 e. The zero-order valence-corrected chi connectivity index (χ0v) is 10.3. The Morgan fingerprint density at radius 2 is 1.87 bits per heavy atom. The van der Waals surface area contributed by atoms with Crippen LogP contribution in [0.2, 0.25) is 0 Å². The fourth-order valence-corrected chi connectivity index (χ4v) is 2.63. The Labute approximate surface area is 102 Å². The normalized spacial score (nSPS) is 25.9. The lowest BCUT2D eigenvalue weighted by Crippen LogP contribution is -2.22. The van der Waals surface area contributed by atoms with Crippen molar-refractivity contribution in [3.63, 3.8) is 0 Å². The Kier molecular flexibility index (Phi) is 3.03. The molecule has 4 nitrogen and oxygen atoms in total. The molecule has 1 aromatic rings. The summed E-state index contributed by atoms with van der Waals surface area (Å²) in [6.07, 6.45) is -1.31. The first-order chi connectivity index (χ1) is 7.08. The van der Waals surface area contributed by atoms with Crippen LogP contribution in [0.15, 0.2) is 18.2 Å². The Bertz CT molecular complexity index is 362. The molecule has 1 aliphatic rings. The molecule has 2 unspecified atom stereocenters. The zero-order chi connectivity index (χ0) is 11.0. The predicted octanol–water partition coefficient (Wildman–Crippen LogP) is 0.415. The van der Waals surface area contributed by atoms with Crippen molar-refractivity contribution in [1.29, 1.82) is 0 Å². The van der Waals surface area contributed by atoms with Gasteiger partial charge in [-0.05, 0) is 40.8 Å². The van der Waals surface area contributed by atoms with Crippen LogP contribution in [-0.4, -0.2) is 35.5 Å². The molecule has 0 radical (unpaired) electrons. The molecule has 1 aliphatic heterocycles. The van der Waals surface area contributed by atoms with Gasteiger partial charge in [-0.15, -0.1) is 0 Å². The molecule has 0 aliphatic carbocycles. The minimum atomic E-state index is -0.654. The van der Waals surface area contributed by atoms with Crippen LogP contribution < -0.4 is 10.6 Å². The highest BCUT2D eigenvalue weighted by atomic mass is 127. The lowest BCUT2D eigenvalue weighted by molar-refractivity contribution is 0.0572. The summed E-state index contributed by atoms with van der Waals surface area (Å²) in [6.45, 7) is 0.947. The predicted molar refractivity (Wildman–Crippen MR) is 67.8 cm³/mol. The van der Waals surface area contributed by atoms with Gasteiger partial charge >= 0.3 is 0 Å². The molecular formula is C10H13IN2O2. The second-order valence-electron chi connectivity index (χ2n) is 3.75. The number of hydrogen-bond donors (Lipinski definition) is 3. The van der Waals surface area contributed by atoms with Crippen LogP contribution in [0.1, 0.15) is 0 Å². The van der Waals surface area contributed by atoms with Crippen molar-refractivity contribution in [2.45, 2.75) is 12.2 Å². The van der Waals surface area contributed by atoms with E-state index in [1.54, 1.807) is 0 Å². The van der Waals surface area contributed by atoms with Gasteiger partial charge in [-0.3, -0.25) is 0 Å². The van der Waals surface area contributed by atoms with Gasteiger partial charge in [0.15, 0.2) is 0 Å². The molecule has 82 valence electrons. The molecule has 1 heterocycles. The fraction of sp³-hybridized carbons (Fsp3) is 0.400. The lowest BCUT2D eigenvalue weighted by Gasteiger charge is -2.19. The van der Waals surface area contributed by atoms with Crippen LogP contribution in [0.25, 0.3) is 0 Å². The average molecular weight is 320 g/mol. The summed E-state index contributed by atoms with van der Waals surface area (Å²) < 4.78 is 1.04. The minimum absolute atomic E-state index is 0.473. The summed E-state index contributed by atoms with van der Waals surface area (Å²) in [6, 6.07) is 5.63. The number of nitrogens with zero attached hydrogens (tertiary/aromatic N) is 1. The monoisotopic (exact) mass is 320 g/mol. The highest BCUT2D eigenvalue weighted by Crippen LogP contribution is 2.27. The van der Waals surface area contributed by atoms with E-state index in [1.165, 1.54) is 0 Å². The van der Waals surface area contributed by atoms with E-state index in [0.29, 0.717) is 13.1 Å². The highest BCUT2D eigenvalue weighted by Gasteiger charge is 2.30. The molecule has 0 spiro atoms. The van der Waals surface area contributed by atoms with Crippen LogP contribution >= 0.6 is 22.6 Å². The standard InChI is InChI=1S/C10H13IN2O2/c11-7-3-6(12)1-2-8(7)13-4-9(14)10(15)5-13/h1-3,9-10,14-15H,4-5,12H2. The second kappa shape index (κ2) is 4.15. The number of nitrogens with two attached hydrogens (primary N) is 1. The van der Waals surface area contributed by atoms with Crippen molar-refractivity contribution < 1.29 is 10.2 Å². The highest BCUT2D eigenvalue weighted by molar-refractivity contribution is 14.1. The summed E-state index contributed by atoms with van der Waals surface area (Å²) in [5.74, 6) is 0. The number of aliphatic hydroxyl groups excluding tert-OH is 2. The molecule has 5 heteroatoms. The Hall–Kier alpha value is -0.530. The maximum Gasteiger partial charge on any atom is 0.0990 e. The smallest absolute Gasteiger partial charge is 0.0990 e. The maximum atomic E-state index is 9.46. The molecule has 15 heavy (non-hydrogen) atoms. The van der Waals surface area contributed by atoms with E-state index in [-0.39, 0.29) is 0 Å². The molecule has 0 bridgehead atoms. The quantitative estimate of drug-likeness (QED) is 0.518. The van der Waals surface area contributed by atoms with Gasteiger partial charge < -0.3 is 20.8 Å². The number of β-amino-alcohol motifs (C(OH)–C–C–N with tert-alkyl or cyclic N) is 2. The molecule has 1 aromatic carbocycles. The summed E-state index contributed by atoms with van der Waals surface area (Å²) in [5.41, 5.74) is 7.40. The van der Waals surface area contributed by atoms with E-state index in [4.69, 9.17) is 5.73 Å². The fourth-order valence-electron chi connectivity index (χ4n) is 1.75. The molecule has 2 rings (SSSR count). The van der Waals surface area contributed by atoms with Crippen LogP contribution in [-0.2, 0) is 0 Å². The molecule has 1 fully saturated rings. The number of rotatable bonds is 1. The average Bonchev–Trinajstić information content (AvgIpc) is 2.46. The third kappa shape index (κ3) is 2.19. The second-order valence-corrected chi connectivity index (χ2v) is 4.91. The lowest BCUT2D eigenvalue weighted by atomic mass is 10.2. The zero-order valence-electron chi connectivity index (χ0n) is 8.10. The van der Waals surface area contributed by atoms with E-state index < -0.39 is 12.2 Å². The van der Waals surface area contributed by atoms with Gasteiger partial charge in [0.25, 0.3) is 0 Å². The molecule has 0 saturated carbocycles. The van der Waals surface area contributed by atoms with Gasteiger partial charge in [-0.1, -0.05) is 0 Å². The summed E-state index contributed by atoms with van der Waals surface area (Å²) >= 11 is 2.20. The van der Waals surface area contributed by atoms with Gasteiger partial charge in [0.2, 0.25) is 0 Å². The first kappa shape index (κ1) is 11.0. The largest absolute Gasteiger partial charge is 0.399 e. The number of halogens is 1. The van der Waals surface area contributed by atoms with E-state index in [9.17, 15) is 10.2 Å². The molecule has 1 saturated heterocycles. The Morgan fingerprint density at radius 3 is 2.40 bits per heavy atom. The van der Waals surface area contributed by atoms with E-state index >= 15 is 0 Å². The Balaban J connectivity index is 2.24. The number of hydrogen-bond acceptors (Lipinski definition) is 4. The van der Waals surface area contributed by atoms with Crippen LogP contribution in [0.4, 0.5) is 11.4 Å². The van der Waals surface area contributed by atoms with E-state index in [0.717, 1.165) is 14.9 Å². The number of benzene rings is 1. The van der Waals surface area contributed by atoms with Gasteiger partial charge in [0.1, 0.15) is 0 Å². The number of anilines is 2. The van der Waals surface area contributed by atoms with Crippen molar-refractivity contribution >= 4 is 34.0 Å². The van der Waals surface area contributed by atoms with E-state index in [2.05, 4.69) is 22.6 Å². The SMILES string of the molecule is Nc1ccc(N2CC(O)C(O)C2)c(I)c1. The van der Waals surface area contributed by atoms with Crippen molar-refractivity contribution in [3.05, 3.63) is 21.8 Å². The first-order valence-corrected chi connectivity index (χ1v) is 5.82. The van der Waals surface area contributed by atoms with Crippen molar-refractivity contribution in [3.8, 4) is 0 Å². The van der Waals surface area contributed by atoms with Crippen molar-refractivity contribution in [2.24, 2.45) is 0 Å². The summed E-state index contributed by atoms with van der Waals surface area (Å²) in [4.78, 5) is 1.97. The molecule has 0 amide bonds. The van der Waals surface area contributed by atoms with Crippen LogP contribution in [0, 0.1) is 3.57 Å². The molecule has 0 aromatic heterocycles. The maximum absolute atomic E-state index is 9.46. The van der Waals surface area contributed by atoms with Crippen molar-refractivity contribution in [2.75, 3.05) is 23.7 Å². The van der Waals surface area contributed by atoms with Crippen LogP contribution in [0.5, 0.6) is 0 Å². The first-order valence-electron chi connectivity index (χ1n) is 4.74. The number of aliphatic hydroxyl groups is 2. The third-order valence-electron chi connectivity index (χ3n) is 2.57. The summed E-state index contributed by atoms with van der Waals surface area (Å²) in [7, 11) is 0. The topological polar surface area (TPSA) is 69.7 Å². The van der Waals surface area contributed by atoms with Gasteiger partial charge in [-0.25, -0.2) is 0 Å². The third-order valence-corrected chi connectivity index (χ3v) is 3.44. The van der Waals surface area contributed by atoms with Crippen molar-refractivity contribution in [1.82, 2.24) is 0 Å². The van der Waals surface area contributed by atoms with E-state index in [1.807, 2.05) is 23.1 Å². The Morgan fingerprint density at radius 1 is 1.27 bits per heavy atom. The van der Waals surface area contributed by atoms with Gasteiger partial charge in [-0.2, -0.15) is 0 Å². The molecular weight excluding hydrogens is 307 g/mol. The van der Waals surface area contributed by atoms with Gasteiger partial charge in [0, 0.05) is 22.3 Å².